The number of thiazole rings is 1. The minimum atomic E-state index is -0.0638. The number of carbonyl (C=O) groups excluding carboxylic acids is 1. The van der Waals surface area contributed by atoms with Crippen LogP contribution in [-0.4, -0.2) is 15.3 Å². The van der Waals surface area contributed by atoms with Crippen LogP contribution >= 0.6 is 22.9 Å². The van der Waals surface area contributed by atoms with Crippen molar-refractivity contribution in [3.05, 3.63) is 76.4 Å². The number of aromatic nitrogens is 2. The van der Waals surface area contributed by atoms with Gasteiger partial charge in [-0.05, 0) is 36.8 Å². The number of hydrogen-bond acceptors (Lipinski definition) is 3. The summed E-state index contributed by atoms with van der Waals surface area (Å²) in [6.07, 6.45) is 2.33. The summed E-state index contributed by atoms with van der Waals surface area (Å²) in [5.74, 6) is -0.0638. The van der Waals surface area contributed by atoms with Crippen LogP contribution in [-0.2, 0) is 11.2 Å². The Labute approximate surface area is 160 Å². The first kappa shape index (κ1) is 16.8. The fraction of sp³-hybridized carbons (Fsp3) is 0.100. The van der Waals surface area contributed by atoms with E-state index in [9.17, 15) is 4.79 Å². The number of halogens is 1. The van der Waals surface area contributed by atoms with Gasteiger partial charge in [0, 0.05) is 33.5 Å². The Morgan fingerprint density at radius 1 is 1.23 bits per heavy atom. The lowest BCUT2D eigenvalue weighted by molar-refractivity contribution is -0.115. The predicted octanol–water partition coefficient (Wildman–Crippen LogP) is 5.21. The number of aryl methyl sites for hydroxylation is 1. The molecule has 6 heteroatoms. The molecule has 130 valence electrons. The number of fused-ring (bicyclic) bond motifs is 1. The van der Waals surface area contributed by atoms with Gasteiger partial charge in [-0.1, -0.05) is 35.9 Å². The fourth-order valence-electron chi connectivity index (χ4n) is 2.78. The summed E-state index contributed by atoms with van der Waals surface area (Å²) in [6.45, 7) is 2.06. The van der Waals surface area contributed by atoms with E-state index in [-0.39, 0.29) is 5.91 Å². The van der Waals surface area contributed by atoms with Gasteiger partial charge in [-0.3, -0.25) is 9.20 Å². The average molecular weight is 382 g/mol. The van der Waals surface area contributed by atoms with Crippen LogP contribution in [0.4, 0.5) is 5.69 Å². The number of anilines is 1. The zero-order chi connectivity index (χ0) is 18.1. The Bertz CT molecular complexity index is 1080. The molecule has 4 nitrogen and oxygen atoms in total. The van der Waals surface area contributed by atoms with E-state index in [1.165, 1.54) is 0 Å². The van der Waals surface area contributed by atoms with Crippen molar-refractivity contribution >= 4 is 39.5 Å². The first-order valence-electron chi connectivity index (χ1n) is 8.16. The molecule has 0 spiro atoms. The van der Waals surface area contributed by atoms with E-state index in [2.05, 4.69) is 27.0 Å². The Balaban J connectivity index is 1.51. The topological polar surface area (TPSA) is 46.4 Å². The van der Waals surface area contributed by atoms with Crippen LogP contribution in [0.5, 0.6) is 0 Å². The van der Waals surface area contributed by atoms with Gasteiger partial charge in [-0.2, -0.15) is 0 Å². The minimum absolute atomic E-state index is 0.0638. The van der Waals surface area contributed by atoms with Crippen molar-refractivity contribution in [2.45, 2.75) is 13.3 Å². The highest BCUT2D eigenvalue weighted by Gasteiger charge is 2.09. The molecule has 0 atom stereocenters. The summed E-state index contributed by atoms with van der Waals surface area (Å²) in [6, 6.07) is 15.0. The van der Waals surface area contributed by atoms with Gasteiger partial charge in [0.05, 0.1) is 12.1 Å². The van der Waals surface area contributed by atoms with Crippen LogP contribution in [0.25, 0.3) is 16.2 Å². The molecule has 2 heterocycles. The highest BCUT2D eigenvalue weighted by molar-refractivity contribution is 7.15. The van der Waals surface area contributed by atoms with Gasteiger partial charge in [0.1, 0.15) is 0 Å². The van der Waals surface area contributed by atoms with E-state index in [1.807, 2.05) is 42.6 Å². The summed E-state index contributed by atoms with van der Waals surface area (Å²) >= 11 is 7.50. The molecular weight excluding hydrogens is 366 g/mol. The molecule has 0 aliphatic carbocycles. The summed E-state index contributed by atoms with van der Waals surface area (Å²) in [5.41, 5.74) is 4.72. The van der Waals surface area contributed by atoms with Crippen LogP contribution in [0.3, 0.4) is 0 Å². The number of carbonyl (C=O) groups is 1. The van der Waals surface area contributed by atoms with Gasteiger partial charge in [0.2, 0.25) is 5.91 Å². The second kappa shape index (κ2) is 6.94. The number of amides is 1. The van der Waals surface area contributed by atoms with Crippen molar-refractivity contribution in [3.63, 3.8) is 0 Å². The van der Waals surface area contributed by atoms with E-state index in [4.69, 9.17) is 11.6 Å². The number of rotatable bonds is 4. The SMILES string of the molecule is Cc1csc2nc(-c3cccc(NC(=O)Cc4ccc(Cl)cc4)c3)cn12. The smallest absolute Gasteiger partial charge is 0.228 e. The molecule has 0 fully saturated rings. The van der Waals surface area contributed by atoms with Crippen molar-refractivity contribution in [2.75, 3.05) is 5.32 Å². The Morgan fingerprint density at radius 3 is 2.81 bits per heavy atom. The molecule has 0 bridgehead atoms. The second-order valence-corrected chi connectivity index (χ2v) is 7.36. The Morgan fingerprint density at radius 2 is 2.04 bits per heavy atom. The van der Waals surface area contributed by atoms with Gasteiger partial charge in [0.25, 0.3) is 0 Å². The van der Waals surface area contributed by atoms with Gasteiger partial charge in [0.15, 0.2) is 4.96 Å². The Hall–Kier alpha value is -2.63. The van der Waals surface area contributed by atoms with Gasteiger partial charge in [-0.25, -0.2) is 4.98 Å². The lowest BCUT2D eigenvalue weighted by Crippen LogP contribution is -2.14. The molecule has 0 aliphatic heterocycles. The molecule has 4 aromatic rings. The maximum Gasteiger partial charge on any atom is 0.228 e. The average Bonchev–Trinajstić information content (AvgIpc) is 3.20. The first-order chi connectivity index (χ1) is 12.6. The van der Waals surface area contributed by atoms with Gasteiger partial charge >= 0.3 is 0 Å². The normalized spacial score (nSPS) is 11.0. The van der Waals surface area contributed by atoms with E-state index in [0.717, 1.165) is 33.2 Å². The molecule has 0 aliphatic rings. The van der Waals surface area contributed by atoms with Crippen LogP contribution in [0, 0.1) is 6.92 Å². The molecule has 0 radical (unpaired) electrons. The zero-order valence-corrected chi connectivity index (χ0v) is 15.6. The summed E-state index contributed by atoms with van der Waals surface area (Å²) in [7, 11) is 0. The summed E-state index contributed by atoms with van der Waals surface area (Å²) in [5, 5.41) is 5.70. The van der Waals surface area contributed by atoms with E-state index >= 15 is 0 Å². The molecule has 0 unspecified atom stereocenters. The molecule has 4 rings (SSSR count). The van der Waals surface area contributed by atoms with Crippen molar-refractivity contribution in [3.8, 4) is 11.3 Å². The number of nitrogens with zero attached hydrogens (tertiary/aromatic N) is 2. The minimum Gasteiger partial charge on any atom is -0.326 e. The lowest BCUT2D eigenvalue weighted by Gasteiger charge is -2.07. The molecule has 26 heavy (non-hydrogen) atoms. The third-order valence-corrected chi connectivity index (χ3v) is 5.32. The van der Waals surface area contributed by atoms with E-state index in [0.29, 0.717) is 11.4 Å². The molecule has 0 saturated carbocycles. The van der Waals surface area contributed by atoms with Crippen LogP contribution in [0.15, 0.2) is 60.1 Å². The molecule has 1 N–H and O–H groups in total. The fourth-order valence-corrected chi connectivity index (χ4v) is 3.76. The highest BCUT2D eigenvalue weighted by Crippen LogP contribution is 2.25. The highest BCUT2D eigenvalue weighted by atomic mass is 35.5. The number of nitrogens with one attached hydrogen (secondary N) is 1. The van der Waals surface area contributed by atoms with Crippen molar-refractivity contribution in [1.82, 2.24) is 9.38 Å². The molecule has 0 saturated heterocycles. The third-order valence-electron chi connectivity index (χ3n) is 4.11. The molecule has 1 amide bonds. The van der Waals surface area contributed by atoms with Crippen LogP contribution in [0.2, 0.25) is 5.02 Å². The quantitative estimate of drug-likeness (QED) is 0.527. The monoisotopic (exact) mass is 381 g/mol. The molecular formula is C20H16ClN3OS. The van der Waals surface area contributed by atoms with Crippen molar-refractivity contribution in [1.29, 1.82) is 0 Å². The third kappa shape index (κ3) is 3.49. The molecule has 2 aromatic heterocycles. The van der Waals surface area contributed by atoms with Crippen molar-refractivity contribution < 1.29 is 4.79 Å². The predicted molar refractivity (Wildman–Crippen MR) is 107 cm³/mol. The summed E-state index contributed by atoms with van der Waals surface area (Å²) < 4.78 is 2.08. The maximum absolute atomic E-state index is 12.3. The lowest BCUT2D eigenvalue weighted by atomic mass is 10.1. The zero-order valence-electron chi connectivity index (χ0n) is 14.1. The van der Waals surface area contributed by atoms with Crippen LogP contribution in [0.1, 0.15) is 11.3 Å². The second-order valence-electron chi connectivity index (χ2n) is 6.09. The summed E-state index contributed by atoms with van der Waals surface area (Å²) in [4.78, 5) is 17.9. The van der Waals surface area contributed by atoms with Crippen molar-refractivity contribution in [2.24, 2.45) is 0 Å². The number of imidazole rings is 1. The van der Waals surface area contributed by atoms with Gasteiger partial charge in [-0.15, -0.1) is 11.3 Å². The number of benzene rings is 2. The largest absolute Gasteiger partial charge is 0.326 e. The maximum atomic E-state index is 12.3. The Kier molecular flexibility index (Phi) is 4.49. The van der Waals surface area contributed by atoms with Crippen LogP contribution < -0.4 is 5.32 Å². The van der Waals surface area contributed by atoms with E-state index in [1.54, 1.807) is 23.5 Å². The van der Waals surface area contributed by atoms with E-state index < -0.39 is 0 Å². The first-order valence-corrected chi connectivity index (χ1v) is 9.42. The standard InChI is InChI=1S/C20H16ClN3OS/c1-13-12-26-20-23-18(11-24(13)20)15-3-2-4-17(10-15)22-19(25)9-14-5-7-16(21)8-6-14/h2-8,10-12H,9H2,1H3,(H,22,25). The van der Waals surface area contributed by atoms with Gasteiger partial charge < -0.3 is 5.32 Å². The number of hydrogen-bond donors (Lipinski definition) is 1. The molecule has 2 aromatic carbocycles.